The van der Waals surface area contributed by atoms with Crippen LogP contribution >= 0.6 is 0 Å². The molecular weight excluding hydrogens is 266 g/mol. The van der Waals surface area contributed by atoms with Crippen LogP contribution in [0.15, 0.2) is 24.3 Å². The van der Waals surface area contributed by atoms with Gasteiger partial charge in [0, 0.05) is 18.7 Å². The number of likely N-dealkylation sites (tertiary alicyclic amines) is 1. The molecule has 1 saturated heterocycles. The molecule has 1 fully saturated rings. The molecule has 0 aromatic heterocycles. The maximum atomic E-state index is 9.12. The van der Waals surface area contributed by atoms with Crippen molar-refractivity contribution in [1.82, 2.24) is 4.90 Å². The average Bonchev–Trinajstić information content (AvgIpc) is 2.54. The second-order valence-corrected chi connectivity index (χ2v) is 5.30. The fourth-order valence-electron chi connectivity index (χ4n) is 2.49. The highest BCUT2D eigenvalue weighted by molar-refractivity contribution is 5.39. The Bertz CT molecular complexity index is 484. The summed E-state index contributed by atoms with van der Waals surface area (Å²) >= 11 is 0. The van der Waals surface area contributed by atoms with E-state index in [1.807, 2.05) is 24.3 Å². The number of aliphatic hydroxyl groups is 2. The fourth-order valence-corrected chi connectivity index (χ4v) is 2.49. The third-order valence-corrected chi connectivity index (χ3v) is 3.79. The van der Waals surface area contributed by atoms with E-state index in [2.05, 4.69) is 16.7 Å². The van der Waals surface area contributed by atoms with Crippen LogP contribution in [0.5, 0.6) is 5.75 Å². The molecule has 0 amide bonds. The summed E-state index contributed by atoms with van der Waals surface area (Å²) in [4.78, 5) is 2.38. The zero-order valence-corrected chi connectivity index (χ0v) is 12.3. The topological polar surface area (TPSA) is 52.9 Å². The van der Waals surface area contributed by atoms with E-state index in [0.29, 0.717) is 19.1 Å². The molecule has 0 spiro atoms. The van der Waals surface area contributed by atoms with Crippen molar-refractivity contribution < 1.29 is 14.9 Å². The molecular formula is C17H23NO3. The van der Waals surface area contributed by atoms with Gasteiger partial charge in [-0.25, -0.2) is 0 Å². The highest BCUT2D eigenvalue weighted by atomic mass is 16.5. The molecule has 2 N–H and O–H groups in total. The van der Waals surface area contributed by atoms with Gasteiger partial charge >= 0.3 is 0 Å². The number of hydrogen-bond acceptors (Lipinski definition) is 4. The summed E-state index contributed by atoms with van der Waals surface area (Å²) in [6, 6.07) is 7.61. The molecule has 1 aliphatic rings. The summed E-state index contributed by atoms with van der Waals surface area (Å²) in [5, 5.41) is 17.8. The van der Waals surface area contributed by atoms with Crippen molar-refractivity contribution >= 4 is 0 Å². The second kappa shape index (κ2) is 8.68. The van der Waals surface area contributed by atoms with Crippen LogP contribution in [-0.2, 0) is 0 Å². The van der Waals surface area contributed by atoms with Gasteiger partial charge in [-0.1, -0.05) is 17.9 Å². The molecule has 1 aromatic rings. The van der Waals surface area contributed by atoms with Crippen LogP contribution in [0.3, 0.4) is 0 Å². The first-order chi connectivity index (χ1) is 10.3. The van der Waals surface area contributed by atoms with Crippen molar-refractivity contribution in [1.29, 1.82) is 0 Å². The SMILES string of the molecule is OCC#Cc1cccc(OCCN2CCC(CO)CC2)c1. The predicted molar refractivity (Wildman–Crippen MR) is 82.2 cm³/mol. The van der Waals surface area contributed by atoms with Crippen molar-refractivity contribution in [2.45, 2.75) is 12.8 Å². The van der Waals surface area contributed by atoms with Gasteiger partial charge in [0.25, 0.3) is 0 Å². The lowest BCUT2D eigenvalue weighted by atomic mass is 9.98. The molecule has 4 nitrogen and oxygen atoms in total. The minimum atomic E-state index is -0.130. The van der Waals surface area contributed by atoms with E-state index >= 15 is 0 Å². The first-order valence-electron chi connectivity index (χ1n) is 7.47. The number of benzene rings is 1. The Hall–Kier alpha value is -1.54. The first-order valence-corrected chi connectivity index (χ1v) is 7.47. The minimum absolute atomic E-state index is 0.130. The van der Waals surface area contributed by atoms with Crippen molar-refractivity contribution in [3.05, 3.63) is 29.8 Å². The number of nitrogens with zero attached hydrogens (tertiary/aromatic N) is 1. The summed E-state index contributed by atoms with van der Waals surface area (Å²) in [6.45, 7) is 3.82. The molecule has 21 heavy (non-hydrogen) atoms. The largest absolute Gasteiger partial charge is 0.492 e. The molecule has 114 valence electrons. The van der Waals surface area contributed by atoms with Crippen LogP contribution < -0.4 is 4.74 Å². The van der Waals surface area contributed by atoms with Gasteiger partial charge in [-0.05, 0) is 50.0 Å². The quantitative estimate of drug-likeness (QED) is 0.798. The Balaban J connectivity index is 1.73. The molecule has 4 heteroatoms. The Morgan fingerprint density at radius 3 is 2.76 bits per heavy atom. The Kier molecular flexibility index (Phi) is 6.55. The van der Waals surface area contributed by atoms with Gasteiger partial charge in [-0.2, -0.15) is 0 Å². The molecule has 2 rings (SSSR count). The van der Waals surface area contributed by atoms with Crippen LogP contribution in [0.4, 0.5) is 0 Å². The zero-order valence-electron chi connectivity index (χ0n) is 12.3. The minimum Gasteiger partial charge on any atom is -0.492 e. The molecule has 1 heterocycles. The monoisotopic (exact) mass is 289 g/mol. The van der Waals surface area contributed by atoms with E-state index in [-0.39, 0.29) is 6.61 Å². The third-order valence-electron chi connectivity index (χ3n) is 3.79. The van der Waals surface area contributed by atoms with Gasteiger partial charge in [-0.3, -0.25) is 4.90 Å². The van der Waals surface area contributed by atoms with Crippen molar-refractivity contribution in [3.63, 3.8) is 0 Å². The van der Waals surface area contributed by atoms with Crippen molar-refractivity contribution in [2.75, 3.05) is 39.5 Å². The van der Waals surface area contributed by atoms with Gasteiger partial charge in [0.2, 0.25) is 0 Å². The predicted octanol–water partition coefficient (Wildman–Crippen LogP) is 1.11. The van der Waals surface area contributed by atoms with Crippen LogP contribution in [0, 0.1) is 17.8 Å². The van der Waals surface area contributed by atoms with Crippen molar-refractivity contribution in [2.24, 2.45) is 5.92 Å². The standard InChI is InChI=1S/C17H23NO3/c19-11-2-4-15-3-1-5-17(13-15)21-12-10-18-8-6-16(14-20)7-9-18/h1,3,5,13,16,19-20H,6-12,14H2. The Morgan fingerprint density at radius 1 is 1.24 bits per heavy atom. The van der Waals surface area contributed by atoms with Crippen LogP contribution in [0.25, 0.3) is 0 Å². The molecule has 0 atom stereocenters. The smallest absolute Gasteiger partial charge is 0.120 e. The lowest BCUT2D eigenvalue weighted by molar-refractivity contribution is 0.119. The van der Waals surface area contributed by atoms with Crippen LogP contribution in [0.2, 0.25) is 0 Å². The van der Waals surface area contributed by atoms with E-state index in [0.717, 1.165) is 43.8 Å². The maximum absolute atomic E-state index is 9.12. The maximum Gasteiger partial charge on any atom is 0.120 e. The molecule has 0 bridgehead atoms. The van der Waals surface area contributed by atoms with Gasteiger partial charge in [-0.15, -0.1) is 0 Å². The molecule has 0 radical (unpaired) electrons. The number of piperidine rings is 1. The fraction of sp³-hybridized carbons (Fsp3) is 0.529. The summed E-state index contributed by atoms with van der Waals surface area (Å²) in [5.74, 6) is 6.79. The van der Waals surface area contributed by atoms with Gasteiger partial charge in [0.1, 0.15) is 19.0 Å². The number of ether oxygens (including phenoxy) is 1. The molecule has 1 aromatic carbocycles. The lowest BCUT2D eigenvalue weighted by Gasteiger charge is -2.30. The van der Waals surface area contributed by atoms with E-state index < -0.39 is 0 Å². The normalized spacial score (nSPS) is 16.3. The summed E-state index contributed by atoms with van der Waals surface area (Å²) < 4.78 is 5.76. The molecule has 0 saturated carbocycles. The summed E-state index contributed by atoms with van der Waals surface area (Å²) in [7, 11) is 0. The van der Waals surface area contributed by atoms with Crippen LogP contribution in [-0.4, -0.2) is 54.6 Å². The lowest BCUT2D eigenvalue weighted by Crippen LogP contribution is -2.37. The van der Waals surface area contributed by atoms with Crippen LogP contribution in [0.1, 0.15) is 18.4 Å². The van der Waals surface area contributed by atoms with E-state index in [1.54, 1.807) is 0 Å². The number of rotatable bonds is 5. The third kappa shape index (κ3) is 5.39. The molecule has 0 unspecified atom stereocenters. The number of hydrogen-bond donors (Lipinski definition) is 2. The van der Waals surface area contributed by atoms with Gasteiger partial charge in [0.15, 0.2) is 0 Å². The Labute approximate surface area is 126 Å². The van der Waals surface area contributed by atoms with Gasteiger partial charge < -0.3 is 14.9 Å². The molecule has 0 aliphatic carbocycles. The van der Waals surface area contributed by atoms with Crippen molar-refractivity contribution in [3.8, 4) is 17.6 Å². The second-order valence-electron chi connectivity index (χ2n) is 5.30. The highest BCUT2D eigenvalue weighted by Crippen LogP contribution is 2.16. The van der Waals surface area contributed by atoms with E-state index in [4.69, 9.17) is 14.9 Å². The zero-order chi connectivity index (χ0) is 14.9. The Morgan fingerprint density at radius 2 is 2.05 bits per heavy atom. The van der Waals surface area contributed by atoms with E-state index in [9.17, 15) is 0 Å². The summed E-state index contributed by atoms with van der Waals surface area (Å²) in [6.07, 6.45) is 2.14. The number of aliphatic hydroxyl groups excluding tert-OH is 2. The highest BCUT2D eigenvalue weighted by Gasteiger charge is 2.17. The molecule has 1 aliphatic heterocycles. The first kappa shape index (κ1) is 15.8. The van der Waals surface area contributed by atoms with E-state index in [1.165, 1.54) is 0 Å². The average molecular weight is 289 g/mol. The summed E-state index contributed by atoms with van der Waals surface area (Å²) in [5.41, 5.74) is 0.852. The van der Waals surface area contributed by atoms with Gasteiger partial charge in [0.05, 0.1) is 0 Å².